The minimum atomic E-state index is -0.509. The third kappa shape index (κ3) is 3.61. The zero-order valence-electron chi connectivity index (χ0n) is 12.8. The van der Waals surface area contributed by atoms with Gasteiger partial charge in [0.25, 0.3) is 0 Å². The van der Waals surface area contributed by atoms with Crippen LogP contribution in [0, 0.1) is 0 Å². The Morgan fingerprint density at radius 1 is 1.29 bits per heavy atom. The smallest absolute Gasteiger partial charge is 0.246 e. The van der Waals surface area contributed by atoms with Gasteiger partial charge in [-0.05, 0) is 19.4 Å². The molecule has 1 aromatic carbocycles. The van der Waals surface area contributed by atoms with Gasteiger partial charge in [-0.1, -0.05) is 30.3 Å². The average Bonchev–Trinajstić information content (AvgIpc) is 2.43. The lowest BCUT2D eigenvalue weighted by molar-refractivity contribution is -0.151. The van der Waals surface area contributed by atoms with Gasteiger partial charge in [-0.25, -0.2) is 0 Å². The van der Waals surface area contributed by atoms with Gasteiger partial charge >= 0.3 is 0 Å². The van der Waals surface area contributed by atoms with Crippen LogP contribution in [0.1, 0.15) is 19.4 Å². The molecule has 1 saturated heterocycles. The van der Waals surface area contributed by atoms with Crippen LogP contribution in [-0.2, 0) is 20.7 Å². The van der Waals surface area contributed by atoms with E-state index >= 15 is 0 Å². The number of carbonyl (C=O) groups excluding carboxylic acids is 2. The van der Waals surface area contributed by atoms with Crippen molar-refractivity contribution >= 4 is 11.8 Å². The van der Waals surface area contributed by atoms with Crippen LogP contribution in [-0.4, -0.2) is 48.6 Å². The zero-order valence-corrected chi connectivity index (χ0v) is 12.8. The molecule has 1 heterocycles. The van der Waals surface area contributed by atoms with Gasteiger partial charge in [0.05, 0.1) is 12.1 Å². The molecule has 1 aromatic rings. The monoisotopic (exact) mass is 290 g/mol. The Labute approximate surface area is 125 Å². The Bertz CT molecular complexity index is 514. The summed E-state index contributed by atoms with van der Waals surface area (Å²) in [5, 5.41) is 2.79. The topological polar surface area (TPSA) is 58.6 Å². The van der Waals surface area contributed by atoms with Crippen molar-refractivity contribution < 1.29 is 14.3 Å². The number of hydrogen-bond donors (Lipinski definition) is 1. The fourth-order valence-corrected chi connectivity index (χ4v) is 2.64. The molecule has 114 valence electrons. The highest BCUT2D eigenvalue weighted by atomic mass is 16.5. The molecule has 2 rings (SSSR count). The molecule has 1 fully saturated rings. The molecule has 1 aliphatic rings. The molecular formula is C16H22N2O3. The third-order valence-electron chi connectivity index (χ3n) is 3.71. The van der Waals surface area contributed by atoms with Gasteiger partial charge in [0.15, 0.2) is 0 Å². The van der Waals surface area contributed by atoms with E-state index in [1.54, 1.807) is 12.0 Å². The SMILES string of the molecule is COCC(C)(C)N1CC(=O)NC(Cc2ccccc2)C1=O. The maximum absolute atomic E-state index is 12.7. The molecule has 1 atom stereocenters. The minimum Gasteiger partial charge on any atom is -0.382 e. The van der Waals surface area contributed by atoms with Crippen LogP contribution in [0.3, 0.4) is 0 Å². The summed E-state index contributed by atoms with van der Waals surface area (Å²) in [5.74, 6) is -0.180. The van der Waals surface area contributed by atoms with Crippen LogP contribution in [0.2, 0.25) is 0 Å². The van der Waals surface area contributed by atoms with Crippen molar-refractivity contribution in [1.82, 2.24) is 10.2 Å². The highest BCUT2D eigenvalue weighted by molar-refractivity contribution is 5.95. The minimum absolute atomic E-state index is 0.0551. The molecule has 0 aromatic heterocycles. The van der Waals surface area contributed by atoms with Gasteiger partial charge in [-0.3, -0.25) is 9.59 Å². The Hall–Kier alpha value is -1.88. The summed E-state index contributed by atoms with van der Waals surface area (Å²) in [6, 6.07) is 9.19. The van der Waals surface area contributed by atoms with Crippen molar-refractivity contribution in [3.63, 3.8) is 0 Å². The van der Waals surface area contributed by atoms with E-state index < -0.39 is 11.6 Å². The van der Waals surface area contributed by atoms with Gasteiger partial charge in [0.1, 0.15) is 12.6 Å². The van der Waals surface area contributed by atoms with E-state index in [-0.39, 0.29) is 18.4 Å². The number of carbonyl (C=O) groups is 2. The van der Waals surface area contributed by atoms with Crippen LogP contribution >= 0.6 is 0 Å². The van der Waals surface area contributed by atoms with E-state index in [1.165, 1.54) is 0 Å². The van der Waals surface area contributed by atoms with E-state index in [1.807, 2.05) is 44.2 Å². The summed E-state index contributed by atoms with van der Waals surface area (Å²) in [5.41, 5.74) is 0.529. The van der Waals surface area contributed by atoms with Gasteiger partial charge in [-0.15, -0.1) is 0 Å². The average molecular weight is 290 g/mol. The number of benzene rings is 1. The molecule has 5 heteroatoms. The number of amides is 2. The van der Waals surface area contributed by atoms with E-state index in [0.717, 1.165) is 5.56 Å². The van der Waals surface area contributed by atoms with Crippen LogP contribution in [0.15, 0.2) is 30.3 Å². The van der Waals surface area contributed by atoms with Gasteiger partial charge in [0, 0.05) is 13.5 Å². The Kier molecular flexibility index (Phi) is 4.63. The molecule has 1 unspecified atom stereocenters. The standard InChI is InChI=1S/C16H22N2O3/c1-16(2,11-21-3)18-10-14(19)17-13(15(18)20)9-12-7-5-4-6-8-12/h4-8,13H,9-11H2,1-3H3,(H,17,19). The molecule has 1 N–H and O–H groups in total. The molecular weight excluding hydrogens is 268 g/mol. The van der Waals surface area contributed by atoms with E-state index in [9.17, 15) is 9.59 Å². The molecule has 0 radical (unpaired) electrons. The summed E-state index contributed by atoms with van der Waals surface area (Å²) in [4.78, 5) is 26.2. The Morgan fingerprint density at radius 3 is 2.57 bits per heavy atom. The predicted molar refractivity (Wildman–Crippen MR) is 79.7 cm³/mol. The number of rotatable bonds is 5. The lowest BCUT2D eigenvalue weighted by Gasteiger charge is -2.42. The number of nitrogens with zero attached hydrogens (tertiary/aromatic N) is 1. The summed E-state index contributed by atoms with van der Waals surface area (Å²) in [7, 11) is 1.59. The highest BCUT2D eigenvalue weighted by Crippen LogP contribution is 2.20. The number of ether oxygens (including phenoxy) is 1. The number of hydrogen-bond acceptors (Lipinski definition) is 3. The van der Waals surface area contributed by atoms with E-state index in [2.05, 4.69) is 5.32 Å². The number of piperazine rings is 1. The lowest BCUT2D eigenvalue weighted by atomic mass is 9.97. The number of nitrogens with one attached hydrogen (secondary N) is 1. The first-order valence-corrected chi connectivity index (χ1v) is 7.08. The van der Waals surface area contributed by atoms with Crippen molar-refractivity contribution in [3.05, 3.63) is 35.9 Å². The molecule has 0 spiro atoms. The summed E-state index contributed by atoms with van der Waals surface area (Å²) >= 11 is 0. The van der Waals surface area contributed by atoms with Crippen LogP contribution < -0.4 is 5.32 Å². The largest absolute Gasteiger partial charge is 0.382 e. The fraction of sp³-hybridized carbons (Fsp3) is 0.500. The summed E-state index contributed by atoms with van der Waals surface area (Å²) in [6.45, 7) is 4.30. The van der Waals surface area contributed by atoms with Crippen molar-refractivity contribution in [2.24, 2.45) is 0 Å². The van der Waals surface area contributed by atoms with E-state index in [4.69, 9.17) is 4.74 Å². The van der Waals surface area contributed by atoms with Crippen molar-refractivity contribution in [3.8, 4) is 0 Å². The predicted octanol–water partition coefficient (Wildman–Crippen LogP) is 0.981. The highest BCUT2D eigenvalue weighted by Gasteiger charge is 2.40. The van der Waals surface area contributed by atoms with Crippen molar-refractivity contribution in [2.75, 3.05) is 20.3 Å². The van der Waals surface area contributed by atoms with Gasteiger partial charge in [-0.2, -0.15) is 0 Å². The van der Waals surface area contributed by atoms with Gasteiger partial charge in [0.2, 0.25) is 11.8 Å². The molecule has 21 heavy (non-hydrogen) atoms. The number of methoxy groups -OCH3 is 1. The molecule has 0 bridgehead atoms. The second-order valence-corrected chi connectivity index (χ2v) is 5.98. The Morgan fingerprint density at radius 2 is 1.95 bits per heavy atom. The van der Waals surface area contributed by atoms with Gasteiger partial charge < -0.3 is 15.0 Å². The third-order valence-corrected chi connectivity index (χ3v) is 3.71. The molecule has 0 aliphatic carbocycles. The van der Waals surface area contributed by atoms with Crippen molar-refractivity contribution in [2.45, 2.75) is 31.8 Å². The fourth-order valence-electron chi connectivity index (χ4n) is 2.64. The first-order valence-electron chi connectivity index (χ1n) is 7.08. The maximum Gasteiger partial charge on any atom is 0.246 e. The van der Waals surface area contributed by atoms with Crippen molar-refractivity contribution in [1.29, 1.82) is 0 Å². The lowest BCUT2D eigenvalue weighted by Crippen LogP contribution is -2.65. The first-order chi connectivity index (χ1) is 9.94. The maximum atomic E-state index is 12.7. The molecule has 1 aliphatic heterocycles. The Balaban J connectivity index is 2.16. The van der Waals surface area contributed by atoms with Crippen LogP contribution in [0.4, 0.5) is 0 Å². The summed E-state index contributed by atoms with van der Waals surface area (Å²) in [6.07, 6.45) is 0.505. The zero-order chi connectivity index (χ0) is 15.5. The van der Waals surface area contributed by atoms with Crippen LogP contribution in [0.5, 0.6) is 0 Å². The second-order valence-electron chi connectivity index (χ2n) is 5.98. The quantitative estimate of drug-likeness (QED) is 0.879. The first kappa shape index (κ1) is 15.5. The second kappa shape index (κ2) is 6.26. The van der Waals surface area contributed by atoms with Crippen LogP contribution in [0.25, 0.3) is 0 Å². The molecule has 2 amide bonds. The molecule has 0 saturated carbocycles. The normalized spacial score (nSPS) is 19.6. The molecule has 5 nitrogen and oxygen atoms in total. The van der Waals surface area contributed by atoms with E-state index in [0.29, 0.717) is 13.0 Å². The summed E-state index contributed by atoms with van der Waals surface area (Å²) < 4.78 is 5.17.